The third kappa shape index (κ3) is 1.77. The van der Waals surface area contributed by atoms with Gasteiger partial charge in [-0.15, -0.1) is 0 Å². The summed E-state index contributed by atoms with van der Waals surface area (Å²) in [5.41, 5.74) is 2.53. The average molecular weight is 243 g/mol. The minimum Gasteiger partial charge on any atom is -0.359 e. The van der Waals surface area contributed by atoms with E-state index in [1.807, 2.05) is 13.0 Å². The minimum atomic E-state index is -0.0599. The second kappa shape index (κ2) is 4.25. The van der Waals surface area contributed by atoms with E-state index < -0.39 is 0 Å². The van der Waals surface area contributed by atoms with E-state index in [4.69, 9.17) is 4.52 Å². The van der Waals surface area contributed by atoms with Crippen molar-refractivity contribution in [3.8, 4) is 0 Å². The van der Waals surface area contributed by atoms with E-state index in [-0.39, 0.29) is 5.91 Å². The van der Waals surface area contributed by atoms with Crippen molar-refractivity contribution in [3.63, 3.8) is 0 Å². The van der Waals surface area contributed by atoms with Gasteiger partial charge in [0, 0.05) is 18.3 Å². The van der Waals surface area contributed by atoms with Gasteiger partial charge in [-0.2, -0.15) is 0 Å². The van der Waals surface area contributed by atoms with Crippen LogP contribution in [0, 0.1) is 6.92 Å². The zero-order chi connectivity index (χ0) is 12.5. The summed E-state index contributed by atoms with van der Waals surface area (Å²) in [4.78, 5) is 18.0. The normalized spacial score (nSPS) is 14.4. The fourth-order valence-corrected chi connectivity index (χ4v) is 2.20. The van der Waals surface area contributed by atoms with Gasteiger partial charge in [0.1, 0.15) is 5.69 Å². The summed E-state index contributed by atoms with van der Waals surface area (Å²) in [5, 5.41) is 3.94. The Balaban J connectivity index is 1.82. The van der Waals surface area contributed by atoms with Crippen LogP contribution in [0.4, 0.5) is 0 Å². The summed E-state index contributed by atoms with van der Waals surface area (Å²) in [5.74, 6) is 0.735. The number of aromatic nitrogens is 2. The number of rotatable bonds is 1. The van der Waals surface area contributed by atoms with Crippen LogP contribution in [0.15, 0.2) is 28.9 Å². The Labute approximate surface area is 104 Å². The maximum absolute atomic E-state index is 12.2. The number of aryl methyl sites for hydroxylation is 1. The van der Waals surface area contributed by atoms with Gasteiger partial charge in [-0.1, -0.05) is 11.2 Å². The molecular formula is C13H13N3O2. The maximum Gasteiger partial charge on any atom is 0.272 e. The number of fused-ring (bicyclic) bond motifs is 1. The molecule has 1 amide bonds. The number of hydrogen-bond acceptors (Lipinski definition) is 4. The molecule has 92 valence electrons. The van der Waals surface area contributed by atoms with E-state index in [0.717, 1.165) is 23.4 Å². The Kier molecular flexibility index (Phi) is 2.59. The van der Waals surface area contributed by atoms with Crippen LogP contribution in [0.5, 0.6) is 0 Å². The molecule has 5 heteroatoms. The largest absolute Gasteiger partial charge is 0.359 e. The number of nitrogens with zero attached hydrogens (tertiary/aromatic N) is 3. The second-order valence-corrected chi connectivity index (χ2v) is 4.36. The molecule has 0 radical (unpaired) electrons. The minimum absolute atomic E-state index is 0.0599. The molecule has 0 saturated carbocycles. The van der Waals surface area contributed by atoms with Crippen LogP contribution >= 0.6 is 0 Å². The molecule has 0 aromatic carbocycles. The molecule has 2 aromatic heterocycles. The van der Waals surface area contributed by atoms with E-state index in [9.17, 15) is 4.79 Å². The van der Waals surface area contributed by atoms with Crippen molar-refractivity contribution in [2.45, 2.75) is 19.9 Å². The summed E-state index contributed by atoms with van der Waals surface area (Å²) in [6.45, 7) is 3.09. The maximum atomic E-state index is 12.2. The second-order valence-electron chi connectivity index (χ2n) is 4.36. The van der Waals surface area contributed by atoms with E-state index in [1.165, 1.54) is 0 Å². The van der Waals surface area contributed by atoms with Crippen molar-refractivity contribution in [2.24, 2.45) is 0 Å². The number of pyridine rings is 1. The smallest absolute Gasteiger partial charge is 0.272 e. The van der Waals surface area contributed by atoms with Crippen LogP contribution in [-0.4, -0.2) is 27.5 Å². The number of hydrogen-bond donors (Lipinski definition) is 0. The van der Waals surface area contributed by atoms with Gasteiger partial charge in [0.25, 0.3) is 5.91 Å². The molecule has 5 nitrogen and oxygen atoms in total. The van der Waals surface area contributed by atoms with Crippen molar-refractivity contribution in [1.29, 1.82) is 0 Å². The van der Waals surface area contributed by atoms with Gasteiger partial charge in [0.05, 0.1) is 12.2 Å². The molecule has 2 aromatic rings. The summed E-state index contributed by atoms with van der Waals surface area (Å²) in [6, 6.07) is 5.34. The first-order chi connectivity index (χ1) is 8.75. The number of amides is 1. The highest BCUT2D eigenvalue weighted by atomic mass is 16.5. The van der Waals surface area contributed by atoms with Crippen molar-refractivity contribution >= 4 is 5.91 Å². The van der Waals surface area contributed by atoms with Crippen LogP contribution in [0.3, 0.4) is 0 Å². The molecule has 0 unspecified atom stereocenters. The van der Waals surface area contributed by atoms with Gasteiger partial charge in [-0.3, -0.25) is 9.78 Å². The molecular weight excluding hydrogens is 230 g/mol. The van der Waals surface area contributed by atoms with Gasteiger partial charge in [-0.05, 0) is 25.5 Å². The third-order valence-electron chi connectivity index (χ3n) is 3.20. The molecule has 1 aliphatic heterocycles. The molecule has 18 heavy (non-hydrogen) atoms. The fraction of sp³-hybridized carbons (Fsp3) is 0.308. The Morgan fingerprint density at radius 1 is 1.44 bits per heavy atom. The topological polar surface area (TPSA) is 59.2 Å². The van der Waals surface area contributed by atoms with Crippen LogP contribution < -0.4 is 0 Å². The lowest BCUT2D eigenvalue weighted by molar-refractivity contribution is 0.0710. The van der Waals surface area contributed by atoms with Crippen LogP contribution in [0.25, 0.3) is 0 Å². The molecule has 0 N–H and O–H groups in total. The average Bonchev–Trinajstić information content (AvgIpc) is 2.80. The van der Waals surface area contributed by atoms with Gasteiger partial charge in [0.2, 0.25) is 0 Å². The molecule has 0 atom stereocenters. The molecule has 0 spiro atoms. The van der Waals surface area contributed by atoms with Crippen LogP contribution in [0.1, 0.15) is 27.5 Å². The van der Waals surface area contributed by atoms with Crippen molar-refractivity contribution < 1.29 is 9.32 Å². The van der Waals surface area contributed by atoms with Gasteiger partial charge in [-0.25, -0.2) is 0 Å². The monoisotopic (exact) mass is 243 g/mol. The number of carbonyl (C=O) groups excluding carboxylic acids is 1. The summed E-state index contributed by atoms with van der Waals surface area (Å²) in [6.07, 6.45) is 2.42. The predicted molar refractivity (Wildman–Crippen MR) is 63.9 cm³/mol. The molecule has 3 rings (SSSR count). The lowest BCUT2D eigenvalue weighted by Crippen LogP contribution is -2.36. The lowest BCUT2D eigenvalue weighted by atomic mass is 10.1. The predicted octanol–water partition coefficient (Wildman–Crippen LogP) is 1.58. The van der Waals surface area contributed by atoms with E-state index in [2.05, 4.69) is 10.1 Å². The molecule has 0 fully saturated rings. The summed E-state index contributed by atoms with van der Waals surface area (Å²) in [7, 11) is 0. The van der Waals surface area contributed by atoms with Gasteiger partial charge in [0.15, 0.2) is 5.76 Å². The van der Waals surface area contributed by atoms with Crippen molar-refractivity contribution in [1.82, 2.24) is 15.0 Å². The first kappa shape index (κ1) is 11.0. The molecule has 0 bridgehead atoms. The summed E-state index contributed by atoms with van der Waals surface area (Å²) < 4.78 is 5.24. The third-order valence-corrected chi connectivity index (χ3v) is 3.20. The first-order valence-corrected chi connectivity index (χ1v) is 5.90. The highest BCUT2D eigenvalue weighted by Crippen LogP contribution is 2.22. The van der Waals surface area contributed by atoms with Crippen molar-refractivity contribution in [3.05, 3.63) is 47.1 Å². The van der Waals surface area contributed by atoms with E-state index in [0.29, 0.717) is 18.8 Å². The summed E-state index contributed by atoms with van der Waals surface area (Å²) >= 11 is 0. The zero-order valence-electron chi connectivity index (χ0n) is 10.1. The van der Waals surface area contributed by atoms with Gasteiger partial charge >= 0.3 is 0 Å². The first-order valence-electron chi connectivity index (χ1n) is 5.90. The van der Waals surface area contributed by atoms with Crippen LogP contribution in [0.2, 0.25) is 0 Å². The van der Waals surface area contributed by atoms with Crippen molar-refractivity contribution in [2.75, 3.05) is 6.54 Å². The van der Waals surface area contributed by atoms with Gasteiger partial charge < -0.3 is 9.42 Å². The fourth-order valence-electron chi connectivity index (χ4n) is 2.20. The lowest BCUT2D eigenvalue weighted by Gasteiger charge is -2.25. The SMILES string of the molecule is Cc1noc2c1CCN(C(=O)c1ccccn1)C2. The Hall–Kier alpha value is -2.17. The zero-order valence-corrected chi connectivity index (χ0v) is 10.1. The highest BCUT2D eigenvalue weighted by molar-refractivity contribution is 5.92. The Bertz CT molecular complexity index is 577. The van der Waals surface area contributed by atoms with E-state index in [1.54, 1.807) is 23.2 Å². The highest BCUT2D eigenvalue weighted by Gasteiger charge is 2.26. The number of carbonyl (C=O) groups is 1. The molecule has 0 aliphatic carbocycles. The Morgan fingerprint density at radius 2 is 2.33 bits per heavy atom. The standard InChI is InChI=1S/C13H13N3O2/c1-9-10-5-7-16(8-12(10)18-15-9)13(17)11-4-2-3-6-14-11/h2-4,6H,5,7-8H2,1H3. The Morgan fingerprint density at radius 3 is 3.11 bits per heavy atom. The molecule has 0 saturated heterocycles. The molecule has 1 aliphatic rings. The molecule has 3 heterocycles. The quantitative estimate of drug-likeness (QED) is 0.763. The van der Waals surface area contributed by atoms with Crippen LogP contribution in [-0.2, 0) is 13.0 Å². The van der Waals surface area contributed by atoms with E-state index >= 15 is 0 Å².